The molecule has 6 rings (SSSR count). The van der Waals surface area contributed by atoms with Crippen molar-refractivity contribution in [1.82, 2.24) is 35.0 Å². The average molecular weight is 492 g/mol. The van der Waals surface area contributed by atoms with E-state index >= 15 is 0 Å². The van der Waals surface area contributed by atoms with Crippen LogP contribution in [0.2, 0.25) is 0 Å². The van der Waals surface area contributed by atoms with Gasteiger partial charge in [0.2, 0.25) is 17.7 Å². The molecule has 3 fully saturated rings. The number of rotatable bonds is 3. The van der Waals surface area contributed by atoms with E-state index in [1.807, 2.05) is 11.8 Å². The van der Waals surface area contributed by atoms with Crippen LogP contribution in [0, 0.1) is 5.92 Å². The zero-order valence-electron chi connectivity index (χ0n) is 19.7. The molecule has 0 spiro atoms. The van der Waals surface area contributed by atoms with Crippen molar-refractivity contribution >= 4 is 29.5 Å². The summed E-state index contributed by atoms with van der Waals surface area (Å²) in [5.41, 5.74) is 2.00. The van der Waals surface area contributed by atoms with Crippen molar-refractivity contribution in [3.63, 3.8) is 0 Å². The Kier molecular flexibility index (Phi) is 5.13. The molecule has 2 aromatic rings. The fraction of sp³-hybridized carbons (Fsp3) is 0.458. The number of fused-ring (bicyclic) bond motifs is 2. The average Bonchev–Trinajstić information content (AvgIpc) is 3.55. The summed E-state index contributed by atoms with van der Waals surface area (Å²) < 4.78 is 1.45. The lowest BCUT2D eigenvalue weighted by Crippen LogP contribution is -2.53. The number of imide groups is 1. The van der Waals surface area contributed by atoms with E-state index < -0.39 is 11.9 Å². The smallest absolute Gasteiger partial charge is 0.276 e. The number of hydrogen-bond donors (Lipinski definition) is 1. The Bertz CT molecular complexity index is 1320. The van der Waals surface area contributed by atoms with Gasteiger partial charge in [-0.15, -0.1) is 5.10 Å². The first-order valence-electron chi connectivity index (χ1n) is 12.1. The van der Waals surface area contributed by atoms with Gasteiger partial charge in [-0.3, -0.25) is 29.3 Å². The number of carbonyl (C=O) groups is 5. The van der Waals surface area contributed by atoms with E-state index in [-0.39, 0.29) is 54.2 Å². The second kappa shape index (κ2) is 8.25. The number of amides is 5. The molecule has 4 aliphatic rings. The summed E-state index contributed by atoms with van der Waals surface area (Å²) >= 11 is 0. The topological polar surface area (TPSA) is 138 Å². The van der Waals surface area contributed by atoms with Crippen molar-refractivity contribution in [2.75, 3.05) is 19.6 Å². The van der Waals surface area contributed by atoms with Gasteiger partial charge in [0, 0.05) is 44.1 Å². The number of carbonyl (C=O) groups excluding carboxylic acids is 5. The number of nitrogens with zero attached hydrogens (tertiary/aromatic N) is 6. The van der Waals surface area contributed by atoms with E-state index in [1.165, 1.54) is 15.8 Å². The molecule has 186 valence electrons. The largest absolute Gasteiger partial charge is 0.336 e. The molecule has 12 heteroatoms. The molecule has 3 saturated heterocycles. The maximum absolute atomic E-state index is 13.1. The second-order valence-corrected chi connectivity index (χ2v) is 9.86. The zero-order valence-corrected chi connectivity index (χ0v) is 19.7. The maximum atomic E-state index is 13.1. The molecule has 5 heterocycles. The zero-order chi connectivity index (χ0) is 25.1. The predicted octanol–water partition coefficient (Wildman–Crippen LogP) is -0.279. The molecule has 1 aromatic carbocycles. The Morgan fingerprint density at radius 3 is 2.75 bits per heavy atom. The Labute approximate surface area is 206 Å². The van der Waals surface area contributed by atoms with Crippen molar-refractivity contribution in [1.29, 1.82) is 0 Å². The van der Waals surface area contributed by atoms with Crippen LogP contribution in [-0.2, 0) is 20.9 Å². The molecular formula is C24H25N7O5. The lowest BCUT2D eigenvalue weighted by atomic mass is 10.0. The van der Waals surface area contributed by atoms with Gasteiger partial charge in [-0.25, -0.2) is 4.68 Å². The van der Waals surface area contributed by atoms with Gasteiger partial charge in [0.1, 0.15) is 6.04 Å². The molecule has 3 atom stereocenters. The lowest BCUT2D eigenvalue weighted by molar-refractivity contribution is -0.137. The van der Waals surface area contributed by atoms with Crippen LogP contribution in [0.4, 0.5) is 0 Å². The summed E-state index contributed by atoms with van der Waals surface area (Å²) in [6.07, 6.45) is 2.78. The highest BCUT2D eigenvalue weighted by Crippen LogP contribution is 2.30. The SMILES string of the molecule is CC1CC2CN(C(=O)c3cn(-c4ccc5c(c4)C(=O)N(C4CCC(=O)NC4=O)C5)nn3)CCN2C1=O. The van der Waals surface area contributed by atoms with Crippen LogP contribution in [0.1, 0.15) is 52.6 Å². The minimum Gasteiger partial charge on any atom is -0.336 e. The molecule has 0 saturated carbocycles. The van der Waals surface area contributed by atoms with Gasteiger partial charge in [-0.05, 0) is 30.5 Å². The highest BCUT2D eigenvalue weighted by atomic mass is 16.2. The van der Waals surface area contributed by atoms with E-state index in [0.29, 0.717) is 37.3 Å². The first-order chi connectivity index (χ1) is 17.3. The van der Waals surface area contributed by atoms with E-state index in [4.69, 9.17) is 0 Å². The third-order valence-corrected chi connectivity index (χ3v) is 7.59. The van der Waals surface area contributed by atoms with Gasteiger partial charge in [0.15, 0.2) is 5.69 Å². The molecule has 5 amide bonds. The van der Waals surface area contributed by atoms with Crippen molar-refractivity contribution in [2.24, 2.45) is 5.92 Å². The van der Waals surface area contributed by atoms with Crippen LogP contribution in [0.3, 0.4) is 0 Å². The third kappa shape index (κ3) is 3.55. The summed E-state index contributed by atoms with van der Waals surface area (Å²) in [4.78, 5) is 67.2. The maximum Gasteiger partial charge on any atom is 0.276 e. The van der Waals surface area contributed by atoms with Crippen LogP contribution in [0.25, 0.3) is 5.69 Å². The number of nitrogens with one attached hydrogen (secondary N) is 1. The lowest BCUT2D eigenvalue weighted by Gasteiger charge is -2.37. The van der Waals surface area contributed by atoms with Gasteiger partial charge < -0.3 is 14.7 Å². The molecule has 1 N–H and O–H groups in total. The van der Waals surface area contributed by atoms with Gasteiger partial charge in [0.25, 0.3) is 11.8 Å². The Hall–Kier alpha value is -4.09. The van der Waals surface area contributed by atoms with Gasteiger partial charge >= 0.3 is 0 Å². The number of piperazine rings is 1. The fourth-order valence-electron chi connectivity index (χ4n) is 5.66. The standard InChI is InChI=1S/C24H25N7O5/c1-13-8-16-11-28(6-7-29(16)22(13)34)24(36)18-12-31(27-26-18)15-3-2-14-10-30(23(35)17(14)9-15)19-4-5-20(32)25-21(19)33/h2-3,9,12-13,16,19H,4-8,10-11H2,1H3,(H,25,32,33). The van der Waals surface area contributed by atoms with E-state index in [0.717, 1.165) is 12.0 Å². The monoisotopic (exact) mass is 491 g/mol. The van der Waals surface area contributed by atoms with Gasteiger partial charge in [-0.2, -0.15) is 0 Å². The van der Waals surface area contributed by atoms with Crippen LogP contribution < -0.4 is 5.32 Å². The summed E-state index contributed by atoms with van der Waals surface area (Å²) in [5, 5.41) is 10.5. The first kappa shape index (κ1) is 22.4. The molecule has 4 aliphatic heterocycles. The van der Waals surface area contributed by atoms with Crippen LogP contribution in [-0.4, -0.2) is 90.9 Å². The highest BCUT2D eigenvalue weighted by Gasteiger charge is 2.42. The Morgan fingerprint density at radius 2 is 1.94 bits per heavy atom. The predicted molar refractivity (Wildman–Crippen MR) is 123 cm³/mol. The van der Waals surface area contributed by atoms with E-state index in [9.17, 15) is 24.0 Å². The van der Waals surface area contributed by atoms with Crippen LogP contribution >= 0.6 is 0 Å². The summed E-state index contributed by atoms with van der Waals surface area (Å²) in [6, 6.07) is 4.62. The molecule has 0 radical (unpaired) electrons. The van der Waals surface area contributed by atoms with Gasteiger partial charge in [-0.1, -0.05) is 18.2 Å². The number of piperidine rings is 1. The minimum absolute atomic E-state index is 0.0145. The first-order valence-corrected chi connectivity index (χ1v) is 12.1. The number of aromatic nitrogens is 3. The van der Waals surface area contributed by atoms with E-state index in [1.54, 1.807) is 23.1 Å². The summed E-state index contributed by atoms with van der Waals surface area (Å²) in [6.45, 7) is 3.65. The molecule has 12 nitrogen and oxygen atoms in total. The molecular weight excluding hydrogens is 466 g/mol. The van der Waals surface area contributed by atoms with E-state index in [2.05, 4.69) is 15.6 Å². The second-order valence-electron chi connectivity index (χ2n) is 9.86. The Morgan fingerprint density at radius 1 is 1.11 bits per heavy atom. The highest BCUT2D eigenvalue weighted by molar-refractivity contribution is 6.05. The van der Waals surface area contributed by atoms with Crippen molar-refractivity contribution in [2.45, 2.75) is 44.8 Å². The number of hydrogen-bond acceptors (Lipinski definition) is 7. The van der Waals surface area contributed by atoms with Crippen molar-refractivity contribution in [3.05, 3.63) is 41.2 Å². The van der Waals surface area contributed by atoms with Gasteiger partial charge in [0.05, 0.1) is 17.9 Å². The van der Waals surface area contributed by atoms with Crippen LogP contribution in [0.5, 0.6) is 0 Å². The summed E-state index contributed by atoms with van der Waals surface area (Å²) in [7, 11) is 0. The quantitative estimate of drug-likeness (QED) is 0.583. The molecule has 1 aromatic heterocycles. The molecule has 0 bridgehead atoms. The van der Waals surface area contributed by atoms with Crippen molar-refractivity contribution < 1.29 is 24.0 Å². The van der Waals surface area contributed by atoms with Crippen molar-refractivity contribution in [3.8, 4) is 5.69 Å². The Balaban J connectivity index is 1.17. The normalized spacial score (nSPS) is 25.8. The minimum atomic E-state index is -0.680. The summed E-state index contributed by atoms with van der Waals surface area (Å²) in [5.74, 6) is -1.17. The third-order valence-electron chi connectivity index (χ3n) is 7.59. The molecule has 36 heavy (non-hydrogen) atoms. The molecule has 0 aliphatic carbocycles. The van der Waals surface area contributed by atoms with Crippen LogP contribution in [0.15, 0.2) is 24.4 Å². The number of benzene rings is 1. The molecule has 3 unspecified atom stereocenters. The fourth-order valence-corrected chi connectivity index (χ4v) is 5.66.